The number of benzene rings is 1. The molecular weight excluding hydrogens is 620 g/mol. The predicted molar refractivity (Wildman–Crippen MR) is 190 cm³/mol. The molecule has 4 heterocycles. The Bertz CT molecular complexity index is 1810. The summed E-state index contributed by atoms with van der Waals surface area (Å²) < 4.78 is 10.3. The molecule has 6 rings (SSSR count). The highest BCUT2D eigenvalue weighted by Gasteiger charge is 2.31. The minimum atomic E-state index is -0.427. The normalized spacial score (nSPS) is 21.3. The molecule has 1 aliphatic heterocycles. The molecule has 3 unspecified atom stereocenters. The molecule has 1 aromatic carbocycles. The predicted octanol–water partition coefficient (Wildman–Crippen LogP) is 5.96. The van der Waals surface area contributed by atoms with Crippen molar-refractivity contribution in [2.45, 2.75) is 97.5 Å². The Labute approximate surface area is 287 Å². The van der Waals surface area contributed by atoms with Crippen molar-refractivity contribution in [3.05, 3.63) is 77.9 Å². The SMILES string of the molecule is CC1CCCC(C)N1c1nnc2ccc(O[C@@H]3CCC(NC(=O)N/C(=C/C(=N)C(C)(C)C)Nc4ccn(CCO)n4)c4ccccc43)cn12. The smallest absolute Gasteiger partial charge is 0.320 e. The summed E-state index contributed by atoms with van der Waals surface area (Å²) in [5, 5.41) is 40.4. The third-order valence-electron chi connectivity index (χ3n) is 9.38. The highest BCUT2D eigenvalue weighted by atomic mass is 16.5. The number of hydrogen-bond acceptors (Lipinski definition) is 9. The third kappa shape index (κ3) is 7.72. The monoisotopic (exact) mass is 668 g/mol. The lowest BCUT2D eigenvalue weighted by Crippen LogP contribution is -2.44. The van der Waals surface area contributed by atoms with E-state index in [1.165, 1.54) is 6.42 Å². The van der Waals surface area contributed by atoms with E-state index in [2.05, 4.69) is 56.1 Å². The topological polar surface area (TPSA) is 158 Å². The zero-order valence-electron chi connectivity index (χ0n) is 29.0. The summed E-state index contributed by atoms with van der Waals surface area (Å²) in [4.78, 5) is 15.8. The molecular formula is C36H48N10O3. The average Bonchev–Trinajstić information content (AvgIpc) is 3.68. The van der Waals surface area contributed by atoms with Crippen molar-refractivity contribution in [2.75, 3.05) is 16.8 Å². The molecule has 1 fully saturated rings. The molecule has 4 atom stereocenters. The van der Waals surface area contributed by atoms with Gasteiger partial charge in [-0.05, 0) is 69.2 Å². The zero-order chi connectivity index (χ0) is 34.7. The van der Waals surface area contributed by atoms with Gasteiger partial charge in [-0.2, -0.15) is 5.10 Å². The number of carbonyl (C=O) groups excluding carboxylic acids is 1. The summed E-state index contributed by atoms with van der Waals surface area (Å²) in [5.41, 5.74) is 2.72. The lowest BCUT2D eigenvalue weighted by atomic mass is 9.85. The van der Waals surface area contributed by atoms with E-state index in [0.717, 1.165) is 41.3 Å². The van der Waals surface area contributed by atoms with Gasteiger partial charge in [0, 0.05) is 41.5 Å². The first-order chi connectivity index (χ1) is 23.5. The maximum Gasteiger partial charge on any atom is 0.320 e. The Morgan fingerprint density at radius 3 is 2.53 bits per heavy atom. The fraction of sp³-hybridized carbons (Fsp3) is 0.472. The van der Waals surface area contributed by atoms with Crippen molar-refractivity contribution >= 4 is 29.2 Å². The fourth-order valence-electron chi connectivity index (χ4n) is 6.68. The van der Waals surface area contributed by atoms with E-state index in [9.17, 15) is 9.90 Å². The minimum Gasteiger partial charge on any atom is -0.484 e. The van der Waals surface area contributed by atoms with Crippen molar-refractivity contribution in [3.63, 3.8) is 0 Å². The van der Waals surface area contributed by atoms with Crippen LogP contribution in [0.25, 0.3) is 5.65 Å². The van der Waals surface area contributed by atoms with E-state index in [1.54, 1.807) is 23.0 Å². The van der Waals surface area contributed by atoms with Gasteiger partial charge in [-0.15, -0.1) is 10.2 Å². The Hall–Kier alpha value is -4.91. The molecule has 0 radical (unpaired) electrons. The molecule has 0 spiro atoms. The van der Waals surface area contributed by atoms with Crippen LogP contribution in [0.1, 0.15) is 90.0 Å². The number of allylic oxidation sites excluding steroid dienone is 1. The Morgan fingerprint density at radius 1 is 1.04 bits per heavy atom. The van der Waals surface area contributed by atoms with Crippen LogP contribution in [0.15, 0.2) is 66.8 Å². The first kappa shape index (κ1) is 34.0. The number of piperidine rings is 1. The quantitative estimate of drug-likeness (QED) is 0.130. The summed E-state index contributed by atoms with van der Waals surface area (Å²) in [7, 11) is 0. The molecule has 2 aliphatic rings. The van der Waals surface area contributed by atoms with Gasteiger partial charge in [0.1, 0.15) is 17.7 Å². The number of pyridine rings is 1. The van der Waals surface area contributed by atoms with Crippen LogP contribution in [-0.2, 0) is 6.54 Å². The van der Waals surface area contributed by atoms with Crippen molar-refractivity contribution in [1.82, 2.24) is 35.0 Å². The maximum atomic E-state index is 13.5. The lowest BCUT2D eigenvalue weighted by Gasteiger charge is -2.39. The average molecular weight is 669 g/mol. The second-order valence-electron chi connectivity index (χ2n) is 14.1. The first-order valence-corrected chi connectivity index (χ1v) is 17.2. The van der Waals surface area contributed by atoms with Gasteiger partial charge < -0.3 is 30.8 Å². The molecule has 3 aromatic heterocycles. The van der Waals surface area contributed by atoms with E-state index in [4.69, 9.17) is 10.1 Å². The number of ether oxygens (including phenoxy) is 1. The number of carbonyl (C=O) groups is 1. The fourth-order valence-corrected chi connectivity index (χ4v) is 6.68. The van der Waals surface area contributed by atoms with Crippen LogP contribution in [-0.4, -0.2) is 59.9 Å². The number of aromatic nitrogens is 5. The summed E-state index contributed by atoms with van der Waals surface area (Å²) >= 11 is 0. The van der Waals surface area contributed by atoms with Gasteiger partial charge in [-0.1, -0.05) is 45.0 Å². The number of nitrogens with zero attached hydrogens (tertiary/aromatic N) is 6. The van der Waals surface area contributed by atoms with E-state index >= 15 is 0 Å². The number of urea groups is 1. The molecule has 13 heteroatoms. The molecule has 0 bridgehead atoms. The van der Waals surface area contributed by atoms with Gasteiger partial charge in [0.05, 0.1) is 25.4 Å². The molecule has 260 valence electrons. The zero-order valence-corrected chi connectivity index (χ0v) is 29.0. The summed E-state index contributed by atoms with van der Waals surface area (Å²) in [6.45, 7) is 10.6. The molecule has 5 N–H and O–H groups in total. The van der Waals surface area contributed by atoms with Crippen LogP contribution < -0.4 is 25.6 Å². The molecule has 2 amide bonds. The number of aliphatic hydroxyl groups is 1. The molecule has 49 heavy (non-hydrogen) atoms. The second kappa shape index (κ2) is 14.3. The Balaban J connectivity index is 1.17. The standard InChI is InChI=1S/C36H48N10O3/c1-23-9-8-10-24(2)46(23)35-42-41-33-16-13-25(22-45(33)35)49-29-15-14-28(26-11-6-7-12-27(26)29)38-34(48)40-32(21-30(37)36(3,4)5)39-31-17-18-44(43-31)19-20-47/h6-7,11-13,16-18,21-24,28-29,37,47H,8-10,14-15,19-20H2,1-5H3,(H,39,43)(H2,38,40,48)/b32-21+,37-30?/t23?,24?,28?,29-/m1/s1. The minimum absolute atomic E-state index is 0.0381. The Morgan fingerprint density at radius 2 is 1.80 bits per heavy atom. The number of rotatable bonds is 10. The molecule has 1 aliphatic carbocycles. The summed E-state index contributed by atoms with van der Waals surface area (Å²) in [6, 6.07) is 13.8. The molecule has 13 nitrogen and oxygen atoms in total. The lowest BCUT2D eigenvalue weighted by molar-refractivity contribution is 0.171. The first-order valence-electron chi connectivity index (χ1n) is 17.2. The maximum absolute atomic E-state index is 13.5. The summed E-state index contributed by atoms with van der Waals surface area (Å²) in [6.07, 6.45) is 10.00. The second-order valence-corrected chi connectivity index (χ2v) is 14.1. The van der Waals surface area contributed by atoms with Crippen molar-refractivity contribution < 1.29 is 14.6 Å². The van der Waals surface area contributed by atoms with Crippen LogP contribution in [0.3, 0.4) is 0 Å². The number of hydrogen-bond donors (Lipinski definition) is 5. The van der Waals surface area contributed by atoms with Crippen LogP contribution >= 0.6 is 0 Å². The van der Waals surface area contributed by atoms with Crippen LogP contribution in [0, 0.1) is 10.8 Å². The van der Waals surface area contributed by atoms with Gasteiger partial charge in [0.2, 0.25) is 5.95 Å². The molecule has 4 aromatic rings. The Kier molecular flexibility index (Phi) is 9.91. The highest BCUT2D eigenvalue weighted by Crippen LogP contribution is 2.39. The van der Waals surface area contributed by atoms with Crippen LogP contribution in [0.2, 0.25) is 0 Å². The number of nitrogens with one attached hydrogen (secondary N) is 4. The van der Waals surface area contributed by atoms with Crippen LogP contribution in [0.4, 0.5) is 16.6 Å². The van der Waals surface area contributed by atoms with Crippen molar-refractivity contribution in [3.8, 4) is 5.75 Å². The van der Waals surface area contributed by atoms with E-state index in [1.807, 2.05) is 61.7 Å². The van der Waals surface area contributed by atoms with Gasteiger partial charge in [-0.3, -0.25) is 14.4 Å². The highest BCUT2D eigenvalue weighted by molar-refractivity contribution is 5.97. The number of anilines is 2. The summed E-state index contributed by atoms with van der Waals surface area (Å²) in [5.74, 6) is 2.40. The van der Waals surface area contributed by atoms with Gasteiger partial charge in [-0.25, -0.2) is 4.79 Å². The van der Waals surface area contributed by atoms with E-state index < -0.39 is 11.4 Å². The van der Waals surface area contributed by atoms with E-state index in [-0.39, 0.29) is 18.8 Å². The molecule has 0 saturated carbocycles. The van der Waals surface area contributed by atoms with Gasteiger partial charge >= 0.3 is 6.03 Å². The largest absolute Gasteiger partial charge is 0.484 e. The van der Waals surface area contributed by atoms with Crippen molar-refractivity contribution in [2.24, 2.45) is 5.41 Å². The third-order valence-corrected chi connectivity index (χ3v) is 9.38. The number of amides is 2. The van der Waals surface area contributed by atoms with Crippen molar-refractivity contribution in [1.29, 1.82) is 5.41 Å². The number of fused-ring (bicyclic) bond motifs is 2. The number of aliphatic hydroxyl groups excluding tert-OH is 1. The van der Waals surface area contributed by atoms with Gasteiger partial charge in [0.25, 0.3) is 0 Å². The van der Waals surface area contributed by atoms with Gasteiger partial charge in [0.15, 0.2) is 11.5 Å². The molecule has 1 saturated heterocycles. The van der Waals surface area contributed by atoms with E-state index in [0.29, 0.717) is 48.8 Å². The van der Waals surface area contributed by atoms with Crippen LogP contribution in [0.5, 0.6) is 5.75 Å².